The second kappa shape index (κ2) is 9.77. The molecule has 0 spiro atoms. The van der Waals surface area contributed by atoms with Crippen LogP contribution in [0.25, 0.3) is 0 Å². The lowest BCUT2D eigenvalue weighted by Gasteiger charge is -2.06. The fourth-order valence-corrected chi connectivity index (χ4v) is 4.66. The number of rotatable bonds is 8. The van der Waals surface area contributed by atoms with Crippen molar-refractivity contribution in [1.29, 1.82) is 0 Å². The lowest BCUT2D eigenvalue weighted by Crippen LogP contribution is -2.05. The van der Waals surface area contributed by atoms with Gasteiger partial charge in [0.15, 0.2) is 0 Å². The van der Waals surface area contributed by atoms with Crippen LogP contribution in [0.1, 0.15) is 31.9 Å². The van der Waals surface area contributed by atoms with Crippen molar-refractivity contribution < 1.29 is 19.2 Å². The van der Waals surface area contributed by atoms with Crippen molar-refractivity contribution in [3.8, 4) is 0 Å². The molecule has 0 aliphatic heterocycles. The van der Waals surface area contributed by atoms with E-state index in [0.717, 1.165) is 5.56 Å². The summed E-state index contributed by atoms with van der Waals surface area (Å²) in [6.45, 7) is 0. The average Bonchev–Trinajstić information content (AvgIpc) is 3.12. The topological polar surface area (TPSA) is 86.5 Å². The quantitative estimate of drug-likeness (QED) is 0.190. The third-order valence-electron chi connectivity index (χ3n) is 4.61. The Morgan fingerprint density at radius 2 is 1.80 bits per heavy atom. The van der Waals surface area contributed by atoms with Crippen molar-refractivity contribution in [2.45, 2.75) is 19.3 Å². The fraction of sp³-hybridized carbons (Fsp3) is 0.182. The van der Waals surface area contributed by atoms with Crippen LogP contribution in [0, 0.1) is 10.1 Å². The number of hydrogen-bond donors (Lipinski definition) is 0. The Morgan fingerprint density at radius 3 is 2.47 bits per heavy atom. The van der Waals surface area contributed by atoms with E-state index < -0.39 is 10.9 Å². The standard InChI is InChI=1S/C22H18BrNO5S/c1-29-20(25)13-17-12-19(30-22(17)23)21(26)16-10-9-15(18(11-16)24(27)28)8-7-14-5-3-2-4-6-14/h2-6,9-12H,7-8,13H2,1H3. The second-order valence-electron chi connectivity index (χ2n) is 6.58. The van der Waals surface area contributed by atoms with Gasteiger partial charge in [-0.3, -0.25) is 19.7 Å². The highest BCUT2D eigenvalue weighted by Crippen LogP contribution is 2.31. The minimum atomic E-state index is -0.454. The molecule has 0 aliphatic carbocycles. The van der Waals surface area contributed by atoms with Crippen molar-refractivity contribution in [2.24, 2.45) is 0 Å². The van der Waals surface area contributed by atoms with E-state index >= 15 is 0 Å². The summed E-state index contributed by atoms with van der Waals surface area (Å²) in [6, 6.07) is 15.9. The summed E-state index contributed by atoms with van der Waals surface area (Å²) in [5.41, 5.74) is 2.49. The molecule has 1 heterocycles. The van der Waals surface area contributed by atoms with E-state index in [9.17, 15) is 19.7 Å². The van der Waals surface area contributed by atoms with E-state index in [1.807, 2.05) is 30.3 Å². The van der Waals surface area contributed by atoms with Gasteiger partial charge >= 0.3 is 5.97 Å². The Morgan fingerprint density at radius 1 is 1.07 bits per heavy atom. The van der Waals surface area contributed by atoms with Crippen molar-refractivity contribution in [3.05, 3.63) is 95.6 Å². The van der Waals surface area contributed by atoms with Gasteiger partial charge in [0, 0.05) is 17.2 Å². The maximum atomic E-state index is 12.9. The molecule has 0 unspecified atom stereocenters. The Balaban J connectivity index is 1.83. The summed E-state index contributed by atoms with van der Waals surface area (Å²) in [6.07, 6.45) is 1.21. The Labute approximate surface area is 185 Å². The number of ketones is 1. The number of carbonyl (C=O) groups is 2. The molecule has 0 aliphatic rings. The molecule has 0 bridgehead atoms. The molecular weight excluding hydrogens is 470 g/mol. The van der Waals surface area contributed by atoms with Gasteiger partial charge in [0.05, 0.1) is 27.1 Å². The SMILES string of the molecule is COC(=O)Cc1cc(C(=O)c2ccc(CCc3ccccc3)c([N+](=O)[O-])c2)sc1Br. The molecule has 1 aromatic heterocycles. The lowest BCUT2D eigenvalue weighted by atomic mass is 9.99. The van der Waals surface area contributed by atoms with Gasteiger partial charge in [-0.15, -0.1) is 11.3 Å². The normalized spacial score (nSPS) is 10.6. The van der Waals surface area contributed by atoms with Gasteiger partial charge in [0.25, 0.3) is 5.69 Å². The highest BCUT2D eigenvalue weighted by molar-refractivity contribution is 9.11. The summed E-state index contributed by atoms with van der Waals surface area (Å²) in [7, 11) is 1.30. The summed E-state index contributed by atoms with van der Waals surface area (Å²) < 4.78 is 5.32. The number of ether oxygens (including phenoxy) is 1. The number of nitrogens with zero attached hydrogens (tertiary/aromatic N) is 1. The van der Waals surface area contributed by atoms with Crippen LogP contribution in [0.4, 0.5) is 5.69 Å². The van der Waals surface area contributed by atoms with Crippen LogP contribution in [0.3, 0.4) is 0 Å². The van der Waals surface area contributed by atoms with E-state index in [1.54, 1.807) is 18.2 Å². The van der Waals surface area contributed by atoms with Crippen LogP contribution >= 0.6 is 27.3 Å². The minimum Gasteiger partial charge on any atom is -0.469 e. The van der Waals surface area contributed by atoms with Crippen molar-refractivity contribution in [3.63, 3.8) is 0 Å². The smallest absolute Gasteiger partial charge is 0.310 e. The van der Waals surface area contributed by atoms with E-state index in [1.165, 1.54) is 24.5 Å². The van der Waals surface area contributed by atoms with Gasteiger partial charge in [-0.25, -0.2) is 0 Å². The third kappa shape index (κ3) is 5.20. The van der Waals surface area contributed by atoms with Crippen LogP contribution in [-0.4, -0.2) is 23.8 Å². The van der Waals surface area contributed by atoms with Gasteiger partial charge in [0.1, 0.15) is 0 Å². The molecule has 6 nitrogen and oxygen atoms in total. The molecule has 30 heavy (non-hydrogen) atoms. The van der Waals surface area contributed by atoms with E-state index in [4.69, 9.17) is 0 Å². The highest BCUT2D eigenvalue weighted by Gasteiger charge is 2.21. The third-order valence-corrected chi connectivity index (χ3v) is 6.57. The van der Waals surface area contributed by atoms with Gasteiger partial charge in [0.2, 0.25) is 5.78 Å². The summed E-state index contributed by atoms with van der Waals surface area (Å²) in [5, 5.41) is 11.6. The number of benzene rings is 2. The predicted octanol–water partition coefficient (Wildman–Crippen LogP) is 5.15. The molecular formula is C22H18BrNO5S. The zero-order valence-corrected chi connectivity index (χ0v) is 18.5. The summed E-state index contributed by atoms with van der Waals surface area (Å²) in [5.74, 6) is -0.736. The van der Waals surface area contributed by atoms with Gasteiger partial charge in [-0.05, 0) is 46.0 Å². The van der Waals surface area contributed by atoms with E-state index in [0.29, 0.717) is 32.6 Å². The first-order valence-electron chi connectivity index (χ1n) is 9.10. The van der Waals surface area contributed by atoms with Crippen molar-refractivity contribution in [2.75, 3.05) is 7.11 Å². The summed E-state index contributed by atoms with van der Waals surface area (Å²) >= 11 is 4.54. The molecule has 2 aromatic carbocycles. The predicted molar refractivity (Wildman–Crippen MR) is 118 cm³/mol. The number of halogens is 1. The number of methoxy groups -OCH3 is 1. The zero-order valence-electron chi connectivity index (χ0n) is 16.1. The molecule has 0 radical (unpaired) electrons. The number of hydrogen-bond acceptors (Lipinski definition) is 6. The van der Waals surface area contributed by atoms with Crippen LogP contribution in [0.2, 0.25) is 0 Å². The number of esters is 1. The molecule has 0 fully saturated rings. The first kappa shape index (κ1) is 21.9. The van der Waals surface area contributed by atoms with E-state index in [2.05, 4.69) is 20.7 Å². The number of carbonyl (C=O) groups excluding carboxylic acids is 2. The monoisotopic (exact) mass is 487 g/mol. The maximum absolute atomic E-state index is 12.9. The van der Waals surface area contributed by atoms with Crippen molar-refractivity contribution in [1.82, 2.24) is 0 Å². The Kier molecular flexibility index (Phi) is 7.12. The van der Waals surface area contributed by atoms with Crippen LogP contribution in [-0.2, 0) is 28.8 Å². The number of aryl methyl sites for hydroxylation is 2. The van der Waals surface area contributed by atoms with Crippen LogP contribution in [0.5, 0.6) is 0 Å². The molecule has 8 heteroatoms. The van der Waals surface area contributed by atoms with Gasteiger partial charge in [-0.2, -0.15) is 0 Å². The molecule has 0 amide bonds. The maximum Gasteiger partial charge on any atom is 0.310 e. The number of nitro groups is 1. The van der Waals surface area contributed by atoms with Crippen LogP contribution < -0.4 is 0 Å². The minimum absolute atomic E-state index is 0.0411. The second-order valence-corrected chi connectivity index (χ2v) is 8.95. The molecule has 3 aromatic rings. The lowest BCUT2D eigenvalue weighted by molar-refractivity contribution is -0.385. The largest absolute Gasteiger partial charge is 0.469 e. The number of nitro benzene ring substituents is 1. The van der Waals surface area contributed by atoms with Crippen molar-refractivity contribution >= 4 is 44.7 Å². The molecule has 0 atom stereocenters. The first-order chi connectivity index (χ1) is 14.4. The van der Waals surface area contributed by atoms with Gasteiger partial charge < -0.3 is 4.74 Å². The Hall–Kier alpha value is -2.84. The average molecular weight is 488 g/mol. The fourth-order valence-electron chi connectivity index (χ4n) is 3.02. The molecule has 154 valence electrons. The molecule has 0 saturated carbocycles. The summed E-state index contributed by atoms with van der Waals surface area (Å²) in [4.78, 5) is 35.9. The molecule has 3 rings (SSSR count). The highest BCUT2D eigenvalue weighted by atomic mass is 79.9. The number of thiophene rings is 1. The molecule has 0 saturated heterocycles. The van der Waals surface area contributed by atoms with Crippen LogP contribution in [0.15, 0.2) is 58.4 Å². The Bertz CT molecular complexity index is 1090. The van der Waals surface area contributed by atoms with E-state index in [-0.39, 0.29) is 23.5 Å². The van der Waals surface area contributed by atoms with Gasteiger partial charge in [-0.1, -0.05) is 42.5 Å². The first-order valence-corrected chi connectivity index (χ1v) is 10.7. The zero-order chi connectivity index (χ0) is 21.7. The molecule has 0 N–H and O–H groups in total.